The maximum Gasteiger partial charge on any atom is 0.314 e. The molecule has 0 aliphatic carbocycles. The van der Waals surface area contributed by atoms with Gasteiger partial charge in [-0.3, -0.25) is 4.79 Å². The molecule has 1 unspecified atom stereocenters. The van der Waals surface area contributed by atoms with E-state index >= 15 is 0 Å². The van der Waals surface area contributed by atoms with Gasteiger partial charge in [-0.15, -0.1) is 0 Å². The summed E-state index contributed by atoms with van der Waals surface area (Å²) < 4.78 is 5.12. The highest BCUT2D eigenvalue weighted by atomic mass is 16.6. The van der Waals surface area contributed by atoms with Gasteiger partial charge in [-0.1, -0.05) is 13.8 Å². The Morgan fingerprint density at radius 1 is 1.46 bits per heavy atom. The van der Waals surface area contributed by atoms with Gasteiger partial charge in [0, 0.05) is 5.54 Å². The Hall–Kier alpha value is -0.570. The van der Waals surface area contributed by atoms with Crippen LogP contribution >= 0.6 is 0 Å². The van der Waals surface area contributed by atoms with Gasteiger partial charge in [0.25, 0.3) is 0 Å². The van der Waals surface area contributed by atoms with E-state index in [0.717, 1.165) is 0 Å². The fourth-order valence-electron chi connectivity index (χ4n) is 1.72. The van der Waals surface area contributed by atoms with Crippen molar-refractivity contribution in [2.24, 2.45) is 11.8 Å². The molecule has 3 nitrogen and oxygen atoms in total. The Morgan fingerprint density at radius 2 is 2.00 bits per heavy atom. The number of rotatable bonds is 3. The predicted molar refractivity (Wildman–Crippen MR) is 51.3 cm³/mol. The summed E-state index contributed by atoms with van der Waals surface area (Å²) in [6.07, 6.45) is 0.0787. The number of carbonyl (C=O) groups is 1. The van der Waals surface area contributed by atoms with Crippen LogP contribution in [0, 0.1) is 11.8 Å². The minimum absolute atomic E-state index is 0.00231. The van der Waals surface area contributed by atoms with E-state index in [4.69, 9.17) is 4.74 Å². The molecule has 13 heavy (non-hydrogen) atoms. The third-order valence-corrected chi connectivity index (χ3v) is 2.91. The first-order valence-corrected chi connectivity index (χ1v) is 4.79. The number of esters is 1. The van der Waals surface area contributed by atoms with Crippen LogP contribution in [0.25, 0.3) is 0 Å². The lowest BCUT2D eigenvalue weighted by molar-refractivity contribution is -0.198. The molecule has 1 N–H and O–H groups in total. The lowest BCUT2D eigenvalue weighted by Crippen LogP contribution is -2.62. The summed E-state index contributed by atoms with van der Waals surface area (Å²) in [6, 6.07) is 0. The van der Waals surface area contributed by atoms with E-state index < -0.39 is 0 Å². The van der Waals surface area contributed by atoms with Gasteiger partial charge < -0.3 is 10.1 Å². The number of carbonyl (C=O) groups excluding carboxylic acids is 1. The normalized spacial score (nSPS) is 28.6. The van der Waals surface area contributed by atoms with Crippen LogP contribution in [0.3, 0.4) is 0 Å². The van der Waals surface area contributed by atoms with E-state index in [1.165, 1.54) is 0 Å². The number of hydrogen-bond donors (Lipinski definition) is 1. The van der Waals surface area contributed by atoms with Crippen LogP contribution in [0.2, 0.25) is 0 Å². The molecule has 0 aromatic carbocycles. The average molecular weight is 185 g/mol. The van der Waals surface area contributed by atoms with Crippen LogP contribution in [-0.4, -0.2) is 24.7 Å². The third-order valence-electron chi connectivity index (χ3n) is 2.91. The van der Waals surface area contributed by atoms with Gasteiger partial charge in [-0.2, -0.15) is 0 Å². The minimum Gasteiger partial charge on any atom is -0.461 e. The summed E-state index contributed by atoms with van der Waals surface area (Å²) in [5.74, 6) is 0.325. The first-order chi connectivity index (χ1) is 5.90. The smallest absolute Gasteiger partial charge is 0.314 e. The second-order valence-corrected chi connectivity index (χ2v) is 4.59. The maximum atomic E-state index is 11.3. The molecule has 0 amide bonds. The molecule has 1 rings (SSSR count). The molecule has 1 fully saturated rings. The van der Waals surface area contributed by atoms with Gasteiger partial charge in [0.05, 0.1) is 0 Å². The minimum atomic E-state index is -0.162. The molecular formula is C10H19NO2. The average Bonchev–Trinajstić information content (AvgIpc) is 1.98. The van der Waals surface area contributed by atoms with E-state index in [1.807, 2.05) is 20.9 Å². The summed E-state index contributed by atoms with van der Waals surface area (Å²) in [5, 5.41) is 3.16. The second kappa shape index (κ2) is 3.29. The van der Waals surface area contributed by atoms with E-state index in [0.29, 0.717) is 5.92 Å². The molecular weight excluding hydrogens is 166 g/mol. The van der Waals surface area contributed by atoms with Gasteiger partial charge in [0.1, 0.15) is 12.0 Å². The zero-order chi connectivity index (χ0) is 10.2. The topological polar surface area (TPSA) is 38.3 Å². The molecule has 0 spiro atoms. The van der Waals surface area contributed by atoms with E-state index in [9.17, 15) is 4.79 Å². The van der Waals surface area contributed by atoms with Crippen LogP contribution in [0.15, 0.2) is 0 Å². The van der Waals surface area contributed by atoms with E-state index in [1.54, 1.807) is 0 Å². The quantitative estimate of drug-likeness (QED) is 0.671. The number of ether oxygens (including phenoxy) is 1. The van der Waals surface area contributed by atoms with Crippen molar-refractivity contribution in [3.05, 3.63) is 0 Å². The number of cyclic esters (lactones) is 1. The highest BCUT2D eigenvalue weighted by Gasteiger charge is 2.51. The Morgan fingerprint density at radius 3 is 2.31 bits per heavy atom. The van der Waals surface area contributed by atoms with Gasteiger partial charge in [0.2, 0.25) is 0 Å². The summed E-state index contributed by atoms with van der Waals surface area (Å²) >= 11 is 0. The first-order valence-electron chi connectivity index (χ1n) is 4.79. The van der Waals surface area contributed by atoms with Crippen LogP contribution < -0.4 is 5.32 Å². The highest BCUT2D eigenvalue weighted by Crippen LogP contribution is 2.36. The number of nitrogens with one attached hydrogen (secondary N) is 1. The third kappa shape index (κ3) is 1.70. The Balaban J connectivity index is 2.72. The van der Waals surface area contributed by atoms with Crippen LogP contribution in [0.4, 0.5) is 0 Å². The van der Waals surface area contributed by atoms with Crippen LogP contribution in [0.5, 0.6) is 0 Å². The SMILES string of the molecule is CNC(C)(C)C1C(=O)O[C@@H]1C(C)C. The Kier molecular flexibility index (Phi) is 2.66. The zero-order valence-electron chi connectivity index (χ0n) is 9.05. The van der Waals surface area contributed by atoms with Crippen molar-refractivity contribution in [3.8, 4) is 0 Å². The molecule has 0 saturated carbocycles. The molecule has 1 saturated heterocycles. The first kappa shape index (κ1) is 10.5. The fourth-order valence-corrected chi connectivity index (χ4v) is 1.72. The zero-order valence-corrected chi connectivity index (χ0v) is 9.05. The van der Waals surface area contributed by atoms with Crippen molar-refractivity contribution < 1.29 is 9.53 Å². The predicted octanol–water partition coefficient (Wildman–Crippen LogP) is 1.18. The molecule has 1 heterocycles. The molecule has 1 aliphatic heterocycles. The molecule has 0 aromatic heterocycles. The van der Waals surface area contributed by atoms with Crippen molar-refractivity contribution >= 4 is 5.97 Å². The molecule has 76 valence electrons. The van der Waals surface area contributed by atoms with Crippen molar-refractivity contribution in [2.75, 3.05) is 7.05 Å². The molecule has 0 bridgehead atoms. The Labute approximate surface area is 79.8 Å². The summed E-state index contributed by atoms with van der Waals surface area (Å²) in [6.45, 7) is 8.23. The lowest BCUT2D eigenvalue weighted by atomic mass is 9.76. The van der Waals surface area contributed by atoms with Crippen molar-refractivity contribution in [3.63, 3.8) is 0 Å². The summed E-state index contributed by atoms with van der Waals surface area (Å²) in [7, 11) is 1.88. The Bertz CT molecular complexity index is 211. The van der Waals surface area contributed by atoms with E-state index in [-0.39, 0.29) is 23.5 Å². The molecule has 0 radical (unpaired) electrons. The molecule has 3 heteroatoms. The standard InChI is InChI=1S/C10H19NO2/c1-6(2)8-7(9(12)13-8)10(3,4)11-5/h6-8,11H,1-5H3/t7?,8-/m1/s1. The van der Waals surface area contributed by atoms with Crippen LogP contribution in [0.1, 0.15) is 27.7 Å². The van der Waals surface area contributed by atoms with Gasteiger partial charge in [-0.25, -0.2) is 0 Å². The van der Waals surface area contributed by atoms with E-state index in [2.05, 4.69) is 19.2 Å². The van der Waals surface area contributed by atoms with Crippen molar-refractivity contribution in [2.45, 2.75) is 39.3 Å². The number of hydrogen-bond acceptors (Lipinski definition) is 3. The molecule has 1 aliphatic rings. The van der Waals surface area contributed by atoms with Gasteiger partial charge >= 0.3 is 5.97 Å². The largest absolute Gasteiger partial charge is 0.461 e. The molecule has 0 aromatic rings. The van der Waals surface area contributed by atoms with Gasteiger partial charge in [-0.05, 0) is 26.8 Å². The summed E-state index contributed by atoms with van der Waals surface area (Å²) in [5.41, 5.74) is -0.162. The summed E-state index contributed by atoms with van der Waals surface area (Å²) in [4.78, 5) is 11.3. The van der Waals surface area contributed by atoms with Crippen molar-refractivity contribution in [1.82, 2.24) is 5.32 Å². The van der Waals surface area contributed by atoms with Crippen molar-refractivity contribution in [1.29, 1.82) is 0 Å². The van der Waals surface area contributed by atoms with Crippen LogP contribution in [-0.2, 0) is 9.53 Å². The monoisotopic (exact) mass is 185 g/mol. The highest BCUT2D eigenvalue weighted by molar-refractivity contribution is 5.80. The molecule has 2 atom stereocenters. The maximum absolute atomic E-state index is 11.3. The lowest BCUT2D eigenvalue weighted by Gasteiger charge is -2.46. The fraction of sp³-hybridized carbons (Fsp3) is 0.900. The second-order valence-electron chi connectivity index (χ2n) is 4.59. The van der Waals surface area contributed by atoms with Gasteiger partial charge in [0.15, 0.2) is 0 Å².